The molecule has 92 heavy (non-hydrogen) atoms. The summed E-state index contributed by atoms with van der Waals surface area (Å²) in [6.07, 6.45) is 51.3. The number of phosphoric acid groups is 2. The van der Waals surface area contributed by atoms with Gasteiger partial charge in [-0.3, -0.25) is 37.3 Å². The van der Waals surface area contributed by atoms with Crippen molar-refractivity contribution in [2.24, 2.45) is 11.8 Å². The van der Waals surface area contributed by atoms with Gasteiger partial charge in [-0.05, 0) is 37.5 Å². The normalized spacial score (nSPS) is 14.1. The number of ether oxygens (including phenoxy) is 4. The van der Waals surface area contributed by atoms with Crippen LogP contribution >= 0.6 is 15.6 Å². The summed E-state index contributed by atoms with van der Waals surface area (Å²) in [5.74, 6) is -0.626. The van der Waals surface area contributed by atoms with E-state index in [4.69, 9.17) is 37.0 Å². The maximum Gasteiger partial charge on any atom is 0.472 e. The number of carbonyl (C=O) groups excluding carboxylic acids is 4. The van der Waals surface area contributed by atoms with Crippen LogP contribution in [0.25, 0.3) is 0 Å². The maximum absolute atomic E-state index is 13.1. The van der Waals surface area contributed by atoms with Crippen molar-refractivity contribution in [2.45, 2.75) is 394 Å². The standard InChI is InChI=1S/C73H142O17P2/c1-7-9-11-13-15-17-19-21-24-28-31-37-43-49-55-70(75)83-61-68(89-73(78)58-52-46-39-33-29-25-22-23-26-30-35-41-47-53-65(3)4)63-87-91(79,80)85-59-67(74)60-86-92(81,82)88-64-69(62-84-71(76)56-50-44-40-34-36-42-48-54-66(5)6)90-72(77)57-51-45-38-32-27-20-18-16-14-12-10-8-2/h65-69,74H,7-64H2,1-6H3,(H,79,80)(H,81,82)/t67-,68-,69-/m1/s1. The van der Waals surface area contributed by atoms with Gasteiger partial charge in [-0.2, -0.15) is 0 Å². The van der Waals surface area contributed by atoms with Crippen molar-refractivity contribution >= 4 is 39.5 Å². The van der Waals surface area contributed by atoms with Crippen LogP contribution < -0.4 is 0 Å². The molecular formula is C73H142O17P2. The fraction of sp³-hybridized carbons (Fsp3) is 0.945. The average molecular weight is 1350 g/mol. The minimum Gasteiger partial charge on any atom is -0.462 e. The third-order valence-electron chi connectivity index (χ3n) is 17.0. The molecule has 0 spiro atoms. The zero-order valence-electron chi connectivity index (χ0n) is 59.9. The lowest BCUT2D eigenvalue weighted by molar-refractivity contribution is -0.161. The summed E-state index contributed by atoms with van der Waals surface area (Å²) in [4.78, 5) is 72.7. The van der Waals surface area contributed by atoms with Crippen molar-refractivity contribution in [2.75, 3.05) is 39.6 Å². The molecule has 546 valence electrons. The van der Waals surface area contributed by atoms with Crippen LogP contribution in [0, 0.1) is 11.8 Å². The zero-order chi connectivity index (χ0) is 67.9. The highest BCUT2D eigenvalue weighted by Crippen LogP contribution is 2.45. The van der Waals surface area contributed by atoms with E-state index in [0.717, 1.165) is 102 Å². The monoisotopic (exact) mass is 1350 g/mol. The summed E-state index contributed by atoms with van der Waals surface area (Å²) in [7, 11) is -9.90. The fourth-order valence-electron chi connectivity index (χ4n) is 11.1. The van der Waals surface area contributed by atoms with Gasteiger partial charge >= 0.3 is 39.5 Å². The Kier molecular flexibility index (Phi) is 63.7. The molecule has 0 aromatic heterocycles. The quantitative estimate of drug-likeness (QED) is 0.0222. The minimum atomic E-state index is -4.95. The SMILES string of the molecule is CCCCCCCCCCCCCCCCC(=O)OC[C@H](COP(=O)(O)OC[C@@H](O)COP(=O)(O)OC[C@@H](COC(=O)CCCCCCCCCC(C)C)OC(=O)CCCCCCCCCCCCCC)OC(=O)CCCCCCCCCCCCCCCC(C)C. The van der Waals surface area contributed by atoms with Gasteiger partial charge in [0.1, 0.15) is 19.3 Å². The lowest BCUT2D eigenvalue weighted by atomic mass is 10.0. The van der Waals surface area contributed by atoms with Crippen LogP contribution in [0.2, 0.25) is 0 Å². The first-order valence-electron chi connectivity index (χ1n) is 38.0. The third kappa shape index (κ3) is 66.7. The Morgan fingerprint density at radius 1 is 0.293 bits per heavy atom. The minimum absolute atomic E-state index is 0.107. The molecule has 2 unspecified atom stereocenters. The largest absolute Gasteiger partial charge is 0.472 e. The molecule has 5 atom stereocenters. The van der Waals surface area contributed by atoms with Crippen LogP contribution in [0.3, 0.4) is 0 Å². The Morgan fingerprint density at radius 3 is 0.739 bits per heavy atom. The predicted octanol–water partition coefficient (Wildman–Crippen LogP) is 21.2. The molecule has 0 aliphatic heterocycles. The molecule has 17 nitrogen and oxygen atoms in total. The van der Waals surface area contributed by atoms with Gasteiger partial charge in [0.2, 0.25) is 0 Å². The van der Waals surface area contributed by atoms with Crippen molar-refractivity contribution in [3.05, 3.63) is 0 Å². The van der Waals surface area contributed by atoms with Gasteiger partial charge in [0.25, 0.3) is 0 Å². The molecule has 3 N–H and O–H groups in total. The number of hydrogen-bond acceptors (Lipinski definition) is 15. The number of unbranched alkanes of at least 4 members (excludes halogenated alkanes) is 42. The van der Waals surface area contributed by atoms with E-state index in [9.17, 15) is 43.2 Å². The molecule has 0 heterocycles. The summed E-state index contributed by atoms with van der Waals surface area (Å²) in [5, 5.41) is 10.6. The van der Waals surface area contributed by atoms with Gasteiger partial charge in [0, 0.05) is 25.7 Å². The van der Waals surface area contributed by atoms with Crippen molar-refractivity contribution in [1.82, 2.24) is 0 Å². The van der Waals surface area contributed by atoms with Crippen molar-refractivity contribution in [1.29, 1.82) is 0 Å². The first-order valence-corrected chi connectivity index (χ1v) is 41.0. The average Bonchev–Trinajstić information content (AvgIpc) is 2.17. The van der Waals surface area contributed by atoms with Crippen molar-refractivity contribution in [3.63, 3.8) is 0 Å². The maximum atomic E-state index is 13.1. The summed E-state index contributed by atoms with van der Waals surface area (Å²) < 4.78 is 68.4. The molecule has 0 aliphatic carbocycles. The van der Waals surface area contributed by atoms with Gasteiger partial charge in [0.15, 0.2) is 12.2 Å². The van der Waals surface area contributed by atoms with E-state index < -0.39 is 97.5 Å². The van der Waals surface area contributed by atoms with Gasteiger partial charge in [-0.15, -0.1) is 0 Å². The fourth-order valence-corrected chi connectivity index (χ4v) is 12.7. The topological polar surface area (TPSA) is 237 Å². The van der Waals surface area contributed by atoms with Crippen LogP contribution in [0.15, 0.2) is 0 Å². The summed E-state index contributed by atoms with van der Waals surface area (Å²) in [5.41, 5.74) is 0. The van der Waals surface area contributed by atoms with E-state index in [-0.39, 0.29) is 25.7 Å². The molecule has 0 saturated carbocycles. The number of aliphatic hydroxyl groups excluding tert-OH is 1. The second-order valence-corrected chi connectivity index (χ2v) is 30.2. The highest BCUT2D eigenvalue weighted by Gasteiger charge is 2.30. The molecule has 0 aromatic rings. The van der Waals surface area contributed by atoms with Gasteiger partial charge in [-0.25, -0.2) is 9.13 Å². The Bertz CT molecular complexity index is 1790. The van der Waals surface area contributed by atoms with Crippen molar-refractivity contribution in [3.8, 4) is 0 Å². The van der Waals surface area contributed by atoms with E-state index in [1.807, 2.05) is 0 Å². The van der Waals surface area contributed by atoms with Crippen LogP contribution in [0.4, 0.5) is 0 Å². The summed E-state index contributed by atoms with van der Waals surface area (Å²) in [6.45, 7) is 9.54. The van der Waals surface area contributed by atoms with E-state index in [1.165, 1.54) is 186 Å². The second kappa shape index (κ2) is 65.0. The molecule has 0 fully saturated rings. The number of carbonyl (C=O) groups is 4. The molecule has 0 bridgehead atoms. The van der Waals surface area contributed by atoms with Crippen LogP contribution in [0.1, 0.15) is 375 Å². The summed E-state index contributed by atoms with van der Waals surface area (Å²) in [6, 6.07) is 0. The molecule has 0 aliphatic rings. The van der Waals surface area contributed by atoms with Crippen LogP contribution in [0.5, 0.6) is 0 Å². The van der Waals surface area contributed by atoms with Gasteiger partial charge in [-0.1, -0.05) is 324 Å². The Balaban J connectivity index is 5.25. The Hall–Kier alpha value is -1.94. The highest BCUT2D eigenvalue weighted by atomic mass is 31.2. The predicted molar refractivity (Wildman–Crippen MR) is 372 cm³/mol. The molecular weight excluding hydrogens is 1210 g/mol. The first kappa shape index (κ1) is 90.1. The molecule has 19 heteroatoms. The van der Waals surface area contributed by atoms with E-state index in [2.05, 4.69) is 41.5 Å². The number of hydrogen-bond donors (Lipinski definition) is 3. The second-order valence-electron chi connectivity index (χ2n) is 27.3. The first-order chi connectivity index (χ1) is 44.4. The van der Waals surface area contributed by atoms with Gasteiger partial charge in [0.05, 0.1) is 26.4 Å². The number of aliphatic hydroxyl groups is 1. The highest BCUT2D eigenvalue weighted by molar-refractivity contribution is 7.47. The third-order valence-corrected chi connectivity index (χ3v) is 18.9. The number of esters is 4. The Morgan fingerprint density at radius 2 is 0.500 bits per heavy atom. The summed E-state index contributed by atoms with van der Waals surface area (Å²) >= 11 is 0. The van der Waals surface area contributed by atoms with Crippen LogP contribution in [-0.4, -0.2) is 96.7 Å². The smallest absolute Gasteiger partial charge is 0.462 e. The lowest BCUT2D eigenvalue weighted by Crippen LogP contribution is -2.30. The van der Waals surface area contributed by atoms with Gasteiger partial charge < -0.3 is 33.8 Å². The molecule has 0 amide bonds. The molecule has 0 radical (unpaired) electrons. The molecule has 0 saturated heterocycles. The molecule has 0 aromatic carbocycles. The van der Waals surface area contributed by atoms with E-state index in [0.29, 0.717) is 31.6 Å². The molecule has 0 rings (SSSR count). The lowest BCUT2D eigenvalue weighted by Gasteiger charge is -2.21. The van der Waals surface area contributed by atoms with Crippen LogP contribution in [-0.2, 0) is 65.4 Å². The zero-order valence-corrected chi connectivity index (χ0v) is 61.6. The van der Waals surface area contributed by atoms with E-state index in [1.54, 1.807) is 0 Å². The Labute approximate surface area is 562 Å². The van der Waals surface area contributed by atoms with Crippen molar-refractivity contribution < 1.29 is 80.2 Å². The van der Waals surface area contributed by atoms with E-state index >= 15 is 0 Å². The number of phosphoric ester groups is 2. The number of rotatable bonds is 72.